The minimum Gasteiger partial charge on any atom is -0.488 e. The van der Waals surface area contributed by atoms with Crippen LogP contribution in [0.3, 0.4) is 0 Å². The van der Waals surface area contributed by atoms with Crippen LogP contribution < -0.4 is 15.4 Å². The SMILES string of the molecule is CCNC(=NCC(CC)Oc1cccc(F)c1)NCCCc1c(C)noc1C.I. The smallest absolute Gasteiger partial charge is 0.191 e. The molecule has 8 heteroatoms. The molecule has 6 nitrogen and oxygen atoms in total. The maximum Gasteiger partial charge on any atom is 0.191 e. The number of halogens is 2. The Morgan fingerprint density at radius 1 is 1.28 bits per heavy atom. The van der Waals surface area contributed by atoms with Crippen molar-refractivity contribution in [2.24, 2.45) is 4.99 Å². The first-order valence-corrected chi connectivity index (χ1v) is 9.89. The number of benzene rings is 1. The van der Waals surface area contributed by atoms with Crippen molar-refractivity contribution < 1.29 is 13.7 Å². The number of aliphatic imine (C=N–C) groups is 1. The Balaban J connectivity index is 0.00000420. The minimum absolute atomic E-state index is 0. The molecule has 0 spiro atoms. The van der Waals surface area contributed by atoms with Crippen molar-refractivity contribution in [3.63, 3.8) is 0 Å². The molecule has 0 fully saturated rings. The van der Waals surface area contributed by atoms with Crippen molar-refractivity contribution in [3.05, 3.63) is 47.1 Å². The predicted octanol–water partition coefficient (Wildman–Crippen LogP) is 4.39. The summed E-state index contributed by atoms with van der Waals surface area (Å²) in [5, 5.41) is 10.6. The molecular weight excluding hydrogens is 486 g/mol. The largest absolute Gasteiger partial charge is 0.488 e. The van der Waals surface area contributed by atoms with Crippen LogP contribution in [0.25, 0.3) is 0 Å². The van der Waals surface area contributed by atoms with Gasteiger partial charge in [-0.1, -0.05) is 18.1 Å². The van der Waals surface area contributed by atoms with E-state index in [1.54, 1.807) is 12.1 Å². The number of nitrogens with one attached hydrogen (secondary N) is 2. The van der Waals surface area contributed by atoms with Gasteiger partial charge in [0.05, 0.1) is 12.2 Å². The van der Waals surface area contributed by atoms with Crippen molar-refractivity contribution in [2.45, 2.75) is 53.1 Å². The van der Waals surface area contributed by atoms with Gasteiger partial charge in [0.2, 0.25) is 0 Å². The molecule has 0 radical (unpaired) electrons. The van der Waals surface area contributed by atoms with Crippen LogP contribution in [-0.2, 0) is 6.42 Å². The maximum atomic E-state index is 13.3. The number of ether oxygens (including phenoxy) is 1. The summed E-state index contributed by atoms with van der Waals surface area (Å²) >= 11 is 0. The van der Waals surface area contributed by atoms with E-state index in [0.29, 0.717) is 12.3 Å². The van der Waals surface area contributed by atoms with E-state index in [-0.39, 0.29) is 35.9 Å². The second kappa shape index (κ2) is 13.4. The van der Waals surface area contributed by atoms with E-state index in [9.17, 15) is 4.39 Å². The summed E-state index contributed by atoms with van der Waals surface area (Å²) in [4.78, 5) is 4.62. The quantitative estimate of drug-likeness (QED) is 0.211. The zero-order valence-electron chi connectivity index (χ0n) is 17.6. The number of hydrogen-bond donors (Lipinski definition) is 2. The first-order chi connectivity index (χ1) is 13.5. The second-order valence-electron chi connectivity index (χ2n) is 6.66. The summed E-state index contributed by atoms with van der Waals surface area (Å²) in [5.41, 5.74) is 2.14. The van der Waals surface area contributed by atoms with Crippen molar-refractivity contribution in [1.82, 2.24) is 15.8 Å². The monoisotopic (exact) mass is 518 g/mol. The normalized spacial score (nSPS) is 12.2. The summed E-state index contributed by atoms with van der Waals surface area (Å²) in [6.07, 6.45) is 2.53. The highest BCUT2D eigenvalue weighted by atomic mass is 127. The van der Waals surface area contributed by atoms with Crippen LogP contribution in [0.2, 0.25) is 0 Å². The molecule has 1 heterocycles. The van der Waals surface area contributed by atoms with Crippen LogP contribution in [0, 0.1) is 19.7 Å². The average molecular weight is 518 g/mol. The number of hydrogen-bond acceptors (Lipinski definition) is 4. The summed E-state index contributed by atoms with van der Waals surface area (Å²) < 4.78 is 24.4. The molecule has 0 saturated heterocycles. The van der Waals surface area contributed by atoms with E-state index in [2.05, 4.69) is 20.8 Å². The van der Waals surface area contributed by atoms with E-state index in [1.807, 2.05) is 27.7 Å². The highest BCUT2D eigenvalue weighted by molar-refractivity contribution is 14.0. The maximum absolute atomic E-state index is 13.3. The van der Waals surface area contributed by atoms with Crippen LogP contribution in [0.15, 0.2) is 33.8 Å². The third-order valence-electron chi connectivity index (χ3n) is 4.43. The highest BCUT2D eigenvalue weighted by Gasteiger charge is 2.10. The van der Waals surface area contributed by atoms with Gasteiger partial charge in [0.25, 0.3) is 0 Å². The van der Waals surface area contributed by atoms with Gasteiger partial charge in [0, 0.05) is 24.7 Å². The van der Waals surface area contributed by atoms with E-state index < -0.39 is 0 Å². The number of aryl methyl sites for hydroxylation is 2. The molecule has 29 heavy (non-hydrogen) atoms. The lowest BCUT2D eigenvalue weighted by atomic mass is 10.1. The lowest BCUT2D eigenvalue weighted by Gasteiger charge is -2.17. The average Bonchev–Trinajstić information content (AvgIpc) is 2.99. The second-order valence-corrected chi connectivity index (χ2v) is 6.66. The lowest BCUT2D eigenvalue weighted by Crippen LogP contribution is -2.38. The Morgan fingerprint density at radius 2 is 2.07 bits per heavy atom. The number of aromatic nitrogens is 1. The number of nitrogens with zero attached hydrogens (tertiary/aromatic N) is 2. The van der Waals surface area contributed by atoms with Gasteiger partial charge in [-0.15, -0.1) is 24.0 Å². The molecule has 2 aromatic rings. The molecule has 0 aliphatic heterocycles. The summed E-state index contributed by atoms with van der Waals surface area (Å²) in [6.45, 7) is 10.0. The third-order valence-corrected chi connectivity index (χ3v) is 4.43. The fourth-order valence-corrected chi connectivity index (χ4v) is 2.85. The van der Waals surface area contributed by atoms with Crippen molar-refractivity contribution >= 4 is 29.9 Å². The molecule has 1 aromatic carbocycles. The minimum atomic E-state index is -0.302. The van der Waals surface area contributed by atoms with Crippen LogP contribution in [-0.4, -0.2) is 36.9 Å². The van der Waals surface area contributed by atoms with E-state index >= 15 is 0 Å². The van der Waals surface area contributed by atoms with Crippen LogP contribution in [0.4, 0.5) is 4.39 Å². The van der Waals surface area contributed by atoms with Crippen molar-refractivity contribution in [1.29, 1.82) is 0 Å². The third kappa shape index (κ3) is 8.59. The molecule has 1 atom stereocenters. The number of guanidine groups is 1. The predicted molar refractivity (Wildman–Crippen MR) is 125 cm³/mol. The van der Waals surface area contributed by atoms with Gasteiger partial charge in [-0.25, -0.2) is 9.38 Å². The van der Waals surface area contributed by atoms with E-state index in [1.165, 1.54) is 17.7 Å². The zero-order valence-corrected chi connectivity index (χ0v) is 20.0. The van der Waals surface area contributed by atoms with Crippen molar-refractivity contribution in [2.75, 3.05) is 19.6 Å². The van der Waals surface area contributed by atoms with Gasteiger partial charge in [0.15, 0.2) is 5.96 Å². The van der Waals surface area contributed by atoms with Crippen molar-refractivity contribution in [3.8, 4) is 5.75 Å². The van der Waals surface area contributed by atoms with Gasteiger partial charge in [-0.05, 0) is 52.2 Å². The topological polar surface area (TPSA) is 71.7 Å². The standard InChI is InChI=1S/C21H31FN4O2.HI/c1-5-18(27-19-10-7-9-17(22)13-19)14-25-21(23-6-2)24-12-8-11-20-15(3)26-28-16(20)4;/h7,9-10,13,18H,5-6,8,11-12,14H2,1-4H3,(H2,23,24,25);1H. The first-order valence-electron chi connectivity index (χ1n) is 9.89. The Morgan fingerprint density at radius 3 is 2.69 bits per heavy atom. The molecule has 1 aromatic heterocycles. The number of rotatable bonds is 10. The van der Waals surface area contributed by atoms with Gasteiger partial charge >= 0.3 is 0 Å². The molecular formula is C21H32FIN4O2. The lowest BCUT2D eigenvalue weighted by molar-refractivity contribution is 0.205. The Kier molecular flexibility index (Phi) is 11.6. The molecule has 0 amide bonds. The van der Waals surface area contributed by atoms with E-state index in [0.717, 1.165) is 49.8 Å². The fraction of sp³-hybridized carbons (Fsp3) is 0.524. The molecule has 2 rings (SSSR count). The summed E-state index contributed by atoms with van der Waals surface area (Å²) in [7, 11) is 0. The zero-order chi connectivity index (χ0) is 20.4. The molecule has 0 aliphatic rings. The fourth-order valence-electron chi connectivity index (χ4n) is 2.85. The van der Waals surface area contributed by atoms with Gasteiger partial charge in [-0.2, -0.15) is 0 Å². The molecule has 0 aliphatic carbocycles. The van der Waals surface area contributed by atoms with Gasteiger partial charge < -0.3 is 19.9 Å². The van der Waals surface area contributed by atoms with Gasteiger partial charge in [0.1, 0.15) is 23.4 Å². The first kappa shape index (κ1) is 25.2. The molecule has 0 bridgehead atoms. The molecule has 2 N–H and O–H groups in total. The molecule has 162 valence electrons. The van der Waals surface area contributed by atoms with Crippen LogP contribution in [0.5, 0.6) is 5.75 Å². The van der Waals surface area contributed by atoms with Crippen LogP contribution >= 0.6 is 24.0 Å². The Hall–Kier alpha value is -1.84. The molecule has 0 saturated carbocycles. The Labute approximate surface area is 189 Å². The van der Waals surface area contributed by atoms with Gasteiger partial charge in [-0.3, -0.25) is 0 Å². The summed E-state index contributed by atoms with van der Waals surface area (Å²) in [5.74, 6) is 1.87. The molecule has 1 unspecified atom stereocenters. The highest BCUT2D eigenvalue weighted by Crippen LogP contribution is 2.15. The van der Waals surface area contributed by atoms with E-state index in [4.69, 9.17) is 9.26 Å². The Bertz CT molecular complexity index is 747. The van der Waals surface area contributed by atoms with Crippen LogP contribution in [0.1, 0.15) is 43.7 Å². The summed E-state index contributed by atoms with van der Waals surface area (Å²) in [6, 6.07) is 6.20.